The molecule has 3 heteroatoms. The number of hydrogen-bond acceptors (Lipinski definition) is 3. The van der Waals surface area contributed by atoms with E-state index >= 15 is 0 Å². The molecule has 2 aliphatic rings. The maximum absolute atomic E-state index is 11.5. The first-order valence-electron chi connectivity index (χ1n) is 6.52. The molecule has 0 aromatic carbocycles. The number of esters is 1. The molecule has 0 amide bonds. The molecule has 0 spiro atoms. The second kappa shape index (κ2) is 5.03. The van der Waals surface area contributed by atoms with Gasteiger partial charge in [0.1, 0.15) is 5.78 Å². The normalized spacial score (nSPS) is 31.4. The van der Waals surface area contributed by atoms with E-state index in [4.69, 9.17) is 4.74 Å². The van der Waals surface area contributed by atoms with Crippen LogP contribution in [0.25, 0.3) is 0 Å². The average Bonchev–Trinajstić information content (AvgIpc) is 2.95. The number of rotatable bonds is 5. The van der Waals surface area contributed by atoms with Gasteiger partial charge in [0, 0.05) is 17.9 Å². The summed E-state index contributed by atoms with van der Waals surface area (Å²) in [6.45, 7) is 6.02. The van der Waals surface area contributed by atoms with Crippen LogP contribution in [0.5, 0.6) is 0 Å². The van der Waals surface area contributed by atoms with Crippen LogP contribution in [-0.2, 0) is 14.3 Å². The maximum atomic E-state index is 11.5. The number of carbonyl (C=O) groups is 2. The summed E-state index contributed by atoms with van der Waals surface area (Å²) in [7, 11) is 0. The predicted molar refractivity (Wildman–Crippen MR) is 64.3 cm³/mol. The number of hydrogen-bond donors (Lipinski definition) is 0. The van der Waals surface area contributed by atoms with Gasteiger partial charge >= 0.3 is 5.97 Å². The van der Waals surface area contributed by atoms with Crippen molar-refractivity contribution in [1.82, 2.24) is 0 Å². The molecule has 0 heterocycles. The van der Waals surface area contributed by atoms with E-state index in [-0.39, 0.29) is 17.8 Å². The highest BCUT2D eigenvalue weighted by Gasteiger charge is 2.44. The first kappa shape index (κ1) is 12.3. The molecule has 17 heavy (non-hydrogen) atoms. The second-order valence-electron chi connectivity index (χ2n) is 5.14. The molecular formula is C14H20O3. The fraction of sp³-hybridized carbons (Fsp3) is 0.714. The summed E-state index contributed by atoms with van der Waals surface area (Å²) in [4.78, 5) is 23.0. The van der Waals surface area contributed by atoms with Gasteiger partial charge in [-0.15, -0.1) is 0 Å². The predicted octanol–water partition coefficient (Wildman–Crippen LogP) is 2.50. The van der Waals surface area contributed by atoms with Gasteiger partial charge in [-0.1, -0.05) is 6.58 Å². The fourth-order valence-electron chi connectivity index (χ4n) is 2.81. The smallest absolute Gasteiger partial charge is 0.333 e. The van der Waals surface area contributed by atoms with Crippen molar-refractivity contribution >= 4 is 11.8 Å². The lowest BCUT2D eigenvalue weighted by Gasteiger charge is -2.08. The molecule has 0 N–H and O–H groups in total. The molecule has 2 aliphatic carbocycles. The average molecular weight is 236 g/mol. The Balaban J connectivity index is 1.78. The maximum Gasteiger partial charge on any atom is 0.333 e. The van der Waals surface area contributed by atoms with E-state index in [1.807, 2.05) is 0 Å². The number of carbonyl (C=O) groups excluding carboxylic acids is 2. The Morgan fingerprint density at radius 1 is 1.53 bits per heavy atom. The molecule has 3 nitrogen and oxygen atoms in total. The van der Waals surface area contributed by atoms with Crippen LogP contribution in [-0.4, -0.2) is 18.4 Å². The minimum Gasteiger partial charge on any atom is -0.463 e. The van der Waals surface area contributed by atoms with Crippen molar-refractivity contribution in [3.8, 4) is 0 Å². The molecule has 3 atom stereocenters. The van der Waals surface area contributed by atoms with Gasteiger partial charge in [-0.2, -0.15) is 0 Å². The summed E-state index contributed by atoms with van der Waals surface area (Å²) in [5, 5.41) is 0. The molecule has 0 aromatic heterocycles. The van der Waals surface area contributed by atoms with E-state index in [2.05, 4.69) is 6.58 Å². The van der Waals surface area contributed by atoms with Crippen molar-refractivity contribution < 1.29 is 14.3 Å². The number of ether oxygens (including phenoxy) is 1. The summed E-state index contributed by atoms with van der Waals surface area (Å²) >= 11 is 0. The van der Waals surface area contributed by atoms with Crippen molar-refractivity contribution in [3.05, 3.63) is 12.2 Å². The summed E-state index contributed by atoms with van der Waals surface area (Å²) in [6.07, 6.45) is 4.78. The van der Waals surface area contributed by atoms with Gasteiger partial charge in [-0.3, -0.25) is 4.79 Å². The Hall–Kier alpha value is -1.12. The molecule has 0 saturated heterocycles. The SMILES string of the molecule is C=C(C(=O)OCC)[C@H]1C[C@H]1CC1CCCC1=O. The standard InChI is InChI=1S/C14H20O3/c1-3-17-14(16)9(2)12-8-11(12)7-10-5-4-6-13(10)15/h10-12H,2-8H2,1H3/t10?,11-,12-/m1/s1. The van der Waals surface area contributed by atoms with Gasteiger partial charge in [-0.25, -0.2) is 4.79 Å². The minimum absolute atomic E-state index is 0.250. The molecule has 2 rings (SSSR count). The molecule has 2 fully saturated rings. The molecular weight excluding hydrogens is 216 g/mol. The molecule has 0 aliphatic heterocycles. The molecule has 2 saturated carbocycles. The monoisotopic (exact) mass is 236 g/mol. The van der Waals surface area contributed by atoms with Gasteiger partial charge in [0.2, 0.25) is 0 Å². The Bertz CT molecular complexity index is 345. The Morgan fingerprint density at radius 2 is 2.29 bits per heavy atom. The highest BCUT2D eigenvalue weighted by Crippen LogP contribution is 2.49. The van der Waals surface area contributed by atoms with Crippen LogP contribution >= 0.6 is 0 Å². The lowest BCUT2D eigenvalue weighted by Crippen LogP contribution is -2.11. The molecule has 0 radical (unpaired) electrons. The van der Waals surface area contributed by atoms with Crippen LogP contribution in [0.2, 0.25) is 0 Å². The molecule has 0 bridgehead atoms. The summed E-state index contributed by atoms with van der Waals surface area (Å²) < 4.78 is 4.94. The number of Topliss-reactive ketones (excluding diaryl/α,β-unsaturated/α-hetero) is 1. The van der Waals surface area contributed by atoms with Gasteiger partial charge < -0.3 is 4.74 Å². The first-order valence-corrected chi connectivity index (χ1v) is 6.52. The second-order valence-corrected chi connectivity index (χ2v) is 5.14. The van der Waals surface area contributed by atoms with Gasteiger partial charge in [0.05, 0.1) is 6.61 Å². The van der Waals surface area contributed by atoms with Crippen molar-refractivity contribution in [3.63, 3.8) is 0 Å². The van der Waals surface area contributed by atoms with Crippen LogP contribution in [0, 0.1) is 17.8 Å². The van der Waals surface area contributed by atoms with E-state index in [1.54, 1.807) is 6.92 Å². The van der Waals surface area contributed by atoms with E-state index in [0.29, 0.717) is 23.9 Å². The minimum atomic E-state index is -0.266. The molecule has 1 unspecified atom stereocenters. The van der Waals surface area contributed by atoms with Crippen LogP contribution in [0.15, 0.2) is 12.2 Å². The lowest BCUT2D eigenvalue weighted by molar-refractivity contribution is -0.138. The zero-order valence-corrected chi connectivity index (χ0v) is 10.4. The third-order valence-corrected chi connectivity index (χ3v) is 3.93. The van der Waals surface area contributed by atoms with Crippen molar-refractivity contribution in [2.45, 2.75) is 39.0 Å². The van der Waals surface area contributed by atoms with E-state index in [1.165, 1.54) is 0 Å². The third kappa shape index (κ3) is 2.76. The molecule has 0 aromatic rings. The molecule has 94 valence electrons. The number of ketones is 1. The van der Waals surface area contributed by atoms with E-state index < -0.39 is 0 Å². The van der Waals surface area contributed by atoms with Crippen molar-refractivity contribution in [1.29, 1.82) is 0 Å². The topological polar surface area (TPSA) is 43.4 Å². The van der Waals surface area contributed by atoms with Crippen LogP contribution < -0.4 is 0 Å². The largest absolute Gasteiger partial charge is 0.463 e. The van der Waals surface area contributed by atoms with Gasteiger partial charge in [0.15, 0.2) is 0 Å². The first-order chi connectivity index (χ1) is 8.13. The van der Waals surface area contributed by atoms with Gasteiger partial charge in [-0.05, 0) is 44.4 Å². The van der Waals surface area contributed by atoms with E-state index in [0.717, 1.165) is 32.1 Å². The summed E-state index contributed by atoms with van der Waals surface area (Å²) in [5.74, 6) is 1.15. The lowest BCUT2D eigenvalue weighted by atomic mass is 9.98. The van der Waals surface area contributed by atoms with Gasteiger partial charge in [0.25, 0.3) is 0 Å². The zero-order valence-electron chi connectivity index (χ0n) is 10.4. The van der Waals surface area contributed by atoms with Crippen molar-refractivity contribution in [2.24, 2.45) is 17.8 Å². The Labute approximate surface area is 102 Å². The highest BCUT2D eigenvalue weighted by atomic mass is 16.5. The van der Waals surface area contributed by atoms with E-state index in [9.17, 15) is 9.59 Å². The van der Waals surface area contributed by atoms with Crippen LogP contribution in [0.1, 0.15) is 39.0 Å². The third-order valence-electron chi connectivity index (χ3n) is 3.93. The Kier molecular flexibility index (Phi) is 3.65. The van der Waals surface area contributed by atoms with Crippen LogP contribution in [0.4, 0.5) is 0 Å². The van der Waals surface area contributed by atoms with Crippen molar-refractivity contribution in [2.75, 3.05) is 6.61 Å². The highest BCUT2D eigenvalue weighted by molar-refractivity contribution is 5.89. The fourth-order valence-corrected chi connectivity index (χ4v) is 2.81. The Morgan fingerprint density at radius 3 is 2.88 bits per heavy atom. The van der Waals surface area contributed by atoms with Crippen LogP contribution in [0.3, 0.4) is 0 Å². The summed E-state index contributed by atoms with van der Waals surface area (Å²) in [6, 6.07) is 0. The zero-order chi connectivity index (χ0) is 12.4. The summed E-state index contributed by atoms with van der Waals surface area (Å²) in [5.41, 5.74) is 0.599. The quantitative estimate of drug-likeness (QED) is 0.544.